The van der Waals surface area contributed by atoms with E-state index < -0.39 is 0 Å². The Morgan fingerprint density at radius 3 is 2.93 bits per heavy atom. The molecule has 4 heterocycles. The lowest BCUT2D eigenvalue weighted by Gasteiger charge is -2.23. The molecule has 0 spiro atoms. The first-order valence-electron chi connectivity index (χ1n) is 10.00. The van der Waals surface area contributed by atoms with Gasteiger partial charge in [0.15, 0.2) is 0 Å². The summed E-state index contributed by atoms with van der Waals surface area (Å²) in [4.78, 5) is 32.2. The molecule has 1 fully saturated rings. The van der Waals surface area contributed by atoms with E-state index in [1.807, 2.05) is 23.1 Å². The van der Waals surface area contributed by atoms with Crippen molar-refractivity contribution >= 4 is 22.7 Å². The van der Waals surface area contributed by atoms with Crippen molar-refractivity contribution in [1.29, 1.82) is 0 Å². The Morgan fingerprint density at radius 2 is 2.14 bits per heavy atom. The second-order valence-corrected chi connectivity index (χ2v) is 7.94. The first-order valence-corrected chi connectivity index (χ1v) is 10.00. The monoisotopic (exact) mass is 389 g/mol. The molecule has 1 saturated heterocycles. The predicted octanol–water partition coefficient (Wildman–Crippen LogP) is 3.41. The first kappa shape index (κ1) is 17.8. The Labute approximate surface area is 168 Å². The lowest BCUT2D eigenvalue weighted by molar-refractivity contribution is 0.0724. The number of likely N-dealkylation sites (tertiary alicyclic amines) is 1. The highest BCUT2D eigenvalue weighted by Crippen LogP contribution is 2.33. The van der Waals surface area contributed by atoms with Gasteiger partial charge in [0, 0.05) is 6.54 Å². The van der Waals surface area contributed by atoms with Crippen LogP contribution in [0, 0.1) is 6.92 Å². The number of aromatic amines is 1. The number of aryl methyl sites for hydroxylation is 1. The van der Waals surface area contributed by atoms with Crippen LogP contribution in [0.2, 0.25) is 0 Å². The fourth-order valence-corrected chi connectivity index (χ4v) is 4.15. The fraction of sp³-hybridized carbons (Fsp3) is 0.381. The fourth-order valence-electron chi connectivity index (χ4n) is 4.15. The van der Waals surface area contributed by atoms with Crippen LogP contribution in [0.25, 0.3) is 16.8 Å². The van der Waals surface area contributed by atoms with E-state index in [9.17, 15) is 4.79 Å². The van der Waals surface area contributed by atoms with Crippen LogP contribution in [-0.2, 0) is 0 Å². The van der Waals surface area contributed by atoms with Gasteiger partial charge in [-0.2, -0.15) is 10.1 Å². The third-order valence-corrected chi connectivity index (χ3v) is 5.65. The van der Waals surface area contributed by atoms with Crippen molar-refractivity contribution in [3.8, 4) is 0 Å². The molecule has 1 N–H and O–H groups in total. The lowest BCUT2D eigenvalue weighted by Crippen LogP contribution is -2.32. The summed E-state index contributed by atoms with van der Waals surface area (Å²) in [7, 11) is 0. The number of nitrogens with zero attached hydrogens (tertiary/aromatic N) is 6. The maximum atomic E-state index is 13.4. The summed E-state index contributed by atoms with van der Waals surface area (Å²) in [6.07, 6.45) is 3.29. The number of amides is 1. The summed E-state index contributed by atoms with van der Waals surface area (Å²) >= 11 is 0. The molecular weight excluding hydrogens is 366 g/mol. The second-order valence-electron chi connectivity index (χ2n) is 7.94. The first-order chi connectivity index (χ1) is 14.0. The molecular formula is C21H23N7O. The molecule has 1 aromatic carbocycles. The van der Waals surface area contributed by atoms with Gasteiger partial charge in [-0.25, -0.2) is 14.5 Å². The highest BCUT2D eigenvalue weighted by atomic mass is 16.2. The van der Waals surface area contributed by atoms with Crippen LogP contribution in [0.5, 0.6) is 0 Å². The number of benzene rings is 1. The Kier molecular flexibility index (Phi) is 4.08. The Bertz CT molecular complexity index is 1220. The van der Waals surface area contributed by atoms with Gasteiger partial charge in [-0.15, -0.1) is 0 Å². The summed E-state index contributed by atoms with van der Waals surface area (Å²) in [6, 6.07) is 7.85. The molecule has 8 heteroatoms. The Morgan fingerprint density at radius 1 is 1.28 bits per heavy atom. The predicted molar refractivity (Wildman–Crippen MR) is 109 cm³/mol. The third kappa shape index (κ3) is 2.86. The van der Waals surface area contributed by atoms with Crippen molar-refractivity contribution in [3.63, 3.8) is 0 Å². The molecule has 8 nitrogen and oxygen atoms in total. The molecule has 1 amide bonds. The van der Waals surface area contributed by atoms with Crippen LogP contribution in [0.15, 0.2) is 30.6 Å². The van der Waals surface area contributed by atoms with E-state index >= 15 is 0 Å². The van der Waals surface area contributed by atoms with Gasteiger partial charge in [-0.05, 0) is 43.4 Å². The molecule has 1 unspecified atom stereocenters. The van der Waals surface area contributed by atoms with E-state index in [2.05, 4.69) is 46.9 Å². The van der Waals surface area contributed by atoms with Gasteiger partial charge in [0.05, 0.1) is 22.8 Å². The zero-order valence-electron chi connectivity index (χ0n) is 16.8. The molecule has 0 aliphatic carbocycles. The molecule has 3 aromatic heterocycles. The quantitative estimate of drug-likeness (QED) is 0.580. The van der Waals surface area contributed by atoms with Gasteiger partial charge in [0.1, 0.15) is 17.8 Å². The number of nitrogens with one attached hydrogen (secondary N) is 1. The summed E-state index contributed by atoms with van der Waals surface area (Å²) in [5, 5.41) is 4.24. The van der Waals surface area contributed by atoms with Crippen LogP contribution in [0.4, 0.5) is 0 Å². The molecule has 4 aromatic rings. The van der Waals surface area contributed by atoms with E-state index in [0.29, 0.717) is 18.0 Å². The number of carbonyl (C=O) groups is 1. The molecule has 1 aliphatic rings. The van der Waals surface area contributed by atoms with Crippen molar-refractivity contribution in [3.05, 3.63) is 53.4 Å². The van der Waals surface area contributed by atoms with Crippen LogP contribution < -0.4 is 0 Å². The Hall–Kier alpha value is -3.29. The second kappa shape index (κ2) is 6.65. The normalized spacial score (nSPS) is 17.1. The minimum absolute atomic E-state index is 0.0762. The lowest BCUT2D eigenvalue weighted by atomic mass is 10.1. The molecule has 0 bridgehead atoms. The van der Waals surface area contributed by atoms with Crippen LogP contribution >= 0.6 is 0 Å². The molecule has 0 radical (unpaired) electrons. The van der Waals surface area contributed by atoms with E-state index in [4.69, 9.17) is 4.98 Å². The van der Waals surface area contributed by atoms with Gasteiger partial charge in [0.2, 0.25) is 0 Å². The average Bonchev–Trinajstić information content (AvgIpc) is 3.44. The van der Waals surface area contributed by atoms with Crippen LogP contribution in [0.1, 0.15) is 66.2 Å². The van der Waals surface area contributed by atoms with E-state index in [1.54, 1.807) is 4.52 Å². The number of H-pyrrole nitrogens is 1. The number of fused-ring (bicyclic) bond motifs is 2. The maximum Gasteiger partial charge on any atom is 0.273 e. The number of aromatic nitrogens is 6. The molecule has 29 heavy (non-hydrogen) atoms. The van der Waals surface area contributed by atoms with Crippen molar-refractivity contribution < 1.29 is 4.79 Å². The summed E-state index contributed by atoms with van der Waals surface area (Å²) in [5.74, 6) is 1.40. The van der Waals surface area contributed by atoms with Crippen molar-refractivity contribution in [2.45, 2.75) is 45.6 Å². The number of imidazole rings is 1. The zero-order chi connectivity index (χ0) is 20.1. The van der Waals surface area contributed by atoms with Gasteiger partial charge in [0.25, 0.3) is 11.7 Å². The highest BCUT2D eigenvalue weighted by Gasteiger charge is 2.34. The van der Waals surface area contributed by atoms with Crippen molar-refractivity contribution in [1.82, 2.24) is 34.4 Å². The van der Waals surface area contributed by atoms with Crippen LogP contribution in [-0.4, -0.2) is 46.9 Å². The SMILES string of the molecule is Cc1cccc2[nH]c(C3CCCN3C(=O)c3cc(C(C)C)n4ncnc4n3)nc12. The van der Waals surface area contributed by atoms with E-state index in [-0.39, 0.29) is 17.9 Å². The smallest absolute Gasteiger partial charge is 0.273 e. The summed E-state index contributed by atoms with van der Waals surface area (Å²) in [6.45, 7) is 6.88. The number of rotatable bonds is 3. The summed E-state index contributed by atoms with van der Waals surface area (Å²) < 4.78 is 1.70. The van der Waals surface area contributed by atoms with Gasteiger partial charge >= 0.3 is 0 Å². The largest absolute Gasteiger partial charge is 0.340 e. The standard InChI is InChI=1S/C21H23N7O/c1-12(2)17-10-15(25-21-22-11-23-28(17)21)20(29)27-9-5-8-16(27)19-24-14-7-4-6-13(3)18(14)26-19/h4,6-7,10-12,16H,5,8-9H2,1-3H3,(H,24,26). The van der Waals surface area contributed by atoms with E-state index in [1.165, 1.54) is 6.33 Å². The Balaban J connectivity index is 1.53. The highest BCUT2D eigenvalue weighted by molar-refractivity contribution is 5.93. The van der Waals surface area contributed by atoms with Crippen molar-refractivity contribution in [2.24, 2.45) is 0 Å². The third-order valence-electron chi connectivity index (χ3n) is 5.65. The number of hydrogen-bond donors (Lipinski definition) is 1. The minimum Gasteiger partial charge on any atom is -0.340 e. The number of carbonyl (C=O) groups excluding carboxylic acids is 1. The van der Waals surface area contributed by atoms with Gasteiger partial charge in [-0.1, -0.05) is 26.0 Å². The molecule has 1 aliphatic heterocycles. The van der Waals surface area contributed by atoms with E-state index in [0.717, 1.165) is 41.0 Å². The number of para-hydroxylation sites is 1. The zero-order valence-corrected chi connectivity index (χ0v) is 16.8. The van der Waals surface area contributed by atoms with Crippen LogP contribution in [0.3, 0.4) is 0 Å². The molecule has 148 valence electrons. The number of hydrogen-bond acceptors (Lipinski definition) is 5. The van der Waals surface area contributed by atoms with Gasteiger partial charge < -0.3 is 9.88 Å². The maximum absolute atomic E-state index is 13.4. The van der Waals surface area contributed by atoms with Gasteiger partial charge in [-0.3, -0.25) is 4.79 Å². The summed E-state index contributed by atoms with van der Waals surface area (Å²) in [5.41, 5.74) is 4.43. The minimum atomic E-state index is -0.0860. The van der Waals surface area contributed by atoms with Crippen molar-refractivity contribution in [2.75, 3.05) is 6.54 Å². The topological polar surface area (TPSA) is 92.1 Å². The average molecular weight is 389 g/mol. The molecule has 1 atom stereocenters. The molecule has 5 rings (SSSR count). The molecule has 0 saturated carbocycles.